The minimum absolute atomic E-state index is 0.555. The molecule has 254 valence electrons. The van der Waals surface area contributed by atoms with Crippen molar-refractivity contribution in [2.75, 3.05) is 0 Å². The lowest BCUT2D eigenvalue weighted by molar-refractivity contribution is 0.673. The van der Waals surface area contributed by atoms with Gasteiger partial charge in [-0.2, -0.15) is 5.26 Å². The van der Waals surface area contributed by atoms with E-state index in [9.17, 15) is 5.26 Å². The highest BCUT2D eigenvalue weighted by atomic mass is 16.3. The van der Waals surface area contributed by atoms with Crippen LogP contribution in [0, 0.1) is 17.9 Å². The lowest BCUT2D eigenvalue weighted by Gasteiger charge is -2.15. The van der Waals surface area contributed by atoms with Gasteiger partial charge in [-0.3, -0.25) is 0 Å². The number of hydrogen-bond donors (Lipinski definition) is 0. The molecular formula is C50H28N4O. The number of hydrogen-bond acceptors (Lipinski definition) is 2. The summed E-state index contributed by atoms with van der Waals surface area (Å²) in [6, 6.07) is 60.9. The third-order valence-corrected chi connectivity index (χ3v) is 10.9. The van der Waals surface area contributed by atoms with E-state index in [4.69, 9.17) is 11.0 Å². The molecule has 0 N–H and O–H groups in total. The Balaban J connectivity index is 1.12. The molecule has 0 unspecified atom stereocenters. The minimum atomic E-state index is 0.555. The summed E-state index contributed by atoms with van der Waals surface area (Å²) in [7, 11) is 0. The van der Waals surface area contributed by atoms with Gasteiger partial charge < -0.3 is 13.6 Å². The first-order valence-corrected chi connectivity index (χ1v) is 18.2. The Hall–Kier alpha value is -7.86. The summed E-state index contributed by atoms with van der Waals surface area (Å²) in [6.45, 7) is 7.80. The molecule has 8 aromatic carbocycles. The van der Waals surface area contributed by atoms with Crippen LogP contribution in [0.25, 0.3) is 104 Å². The SMILES string of the molecule is [C-]#[N+]c1ccc2c(c1)c1c3oc4ccccc4c3ccc1n2-c1cc(C#N)cc(-c2ccccc2-c2cccc(-n3c4ccccc4c4ccccc43)c2)c1. The third-order valence-electron chi connectivity index (χ3n) is 10.9. The fraction of sp³-hybridized carbons (Fsp3) is 0. The van der Waals surface area contributed by atoms with Gasteiger partial charge in [-0.15, -0.1) is 0 Å². The predicted molar refractivity (Wildman–Crippen MR) is 224 cm³/mol. The highest BCUT2D eigenvalue weighted by Gasteiger charge is 2.21. The molecule has 0 aliphatic heterocycles. The van der Waals surface area contributed by atoms with E-state index >= 15 is 0 Å². The topological polar surface area (TPSA) is 51.1 Å². The Morgan fingerprint density at radius 1 is 0.491 bits per heavy atom. The lowest BCUT2D eigenvalue weighted by Crippen LogP contribution is -1.97. The van der Waals surface area contributed by atoms with Crippen LogP contribution in [0.1, 0.15) is 5.56 Å². The average molecular weight is 701 g/mol. The van der Waals surface area contributed by atoms with E-state index in [1.807, 2.05) is 48.5 Å². The van der Waals surface area contributed by atoms with Gasteiger partial charge in [0.25, 0.3) is 0 Å². The summed E-state index contributed by atoms with van der Waals surface area (Å²) in [5, 5.41) is 16.8. The Morgan fingerprint density at radius 3 is 1.89 bits per heavy atom. The number of fused-ring (bicyclic) bond motifs is 10. The molecule has 0 spiro atoms. The van der Waals surface area contributed by atoms with Crippen LogP contribution in [0.3, 0.4) is 0 Å². The van der Waals surface area contributed by atoms with Crippen LogP contribution in [0.2, 0.25) is 0 Å². The summed E-state index contributed by atoms with van der Waals surface area (Å²) >= 11 is 0. The number of benzene rings is 8. The molecule has 11 aromatic rings. The minimum Gasteiger partial charge on any atom is -0.455 e. The van der Waals surface area contributed by atoms with Gasteiger partial charge in [0, 0.05) is 43.7 Å². The summed E-state index contributed by atoms with van der Waals surface area (Å²) in [5.74, 6) is 0. The maximum Gasteiger partial charge on any atom is 0.188 e. The van der Waals surface area contributed by atoms with E-state index in [0.29, 0.717) is 11.3 Å². The maximum atomic E-state index is 10.4. The number of aromatic nitrogens is 2. The van der Waals surface area contributed by atoms with Crippen molar-refractivity contribution in [1.82, 2.24) is 9.13 Å². The molecule has 11 rings (SSSR count). The van der Waals surface area contributed by atoms with Gasteiger partial charge in [0.05, 0.1) is 40.3 Å². The zero-order chi connectivity index (χ0) is 36.6. The molecule has 0 saturated heterocycles. The summed E-state index contributed by atoms with van der Waals surface area (Å²) in [4.78, 5) is 3.77. The van der Waals surface area contributed by atoms with Crippen LogP contribution in [0.4, 0.5) is 5.69 Å². The highest BCUT2D eigenvalue weighted by Crippen LogP contribution is 2.43. The first-order valence-electron chi connectivity index (χ1n) is 18.2. The Kier molecular flexibility index (Phi) is 6.61. The van der Waals surface area contributed by atoms with E-state index < -0.39 is 0 Å². The van der Waals surface area contributed by atoms with Crippen LogP contribution in [0.5, 0.6) is 0 Å². The molecule has 0 fully saturated rings. The van der Waals surface area contributed by atoms with Gasteiger partial charge in [-0.1, -0.05) is 97.1 Å². The zero-order valence-corrected chi connectivity index (χ0v) is 29.4. The zero-order valence-electron chi connectivity index (χ0n) is 29.4. The van der Waals surface area contributed by atoms with Crippen LogP contribution >= 0.6 is 0 Å². The molecule has 5 nitrogen and oxygen atoms in total. The molecular weight excluding hydrogens is 673 g/mol. The van der Waals surface area contributed by atoms with Crippen LogP contribution in [0.15, 0.2) is 174 Å². The molecule has 5 heteroatoms. The van der Waals surface area contributed by atoms with Gasteiger partial charge >= 0.3 is 0 Å². The number of para-hydroxylation sites is 3. The van der Waals surface area contributed by atoms with E-state index in [-0.39, 0.29) is 0 Å². The monoisotopic (exact) mass is 700 g/mol. The lowest BCUT2D eigenvalue weighted by atomic mass is 9.93. The molecule has 3 heterocycles. The Labute approximate surface area is 315 Å². The number of nitrogens with zero attached hydrogens (tertiary/aromatic N) is 4. The molecule has 0 amide bonds. The van der Waals surface area contributed by atoms with Crippen LogP contribution in [-0.2, 0) is 0 Å². The van der Waals surface area contributed by atoms with E-state index in [1.165, 1.54) is 10.8 Å². The maximum absolute atomic E-state index is 10.4. The fourth-order valence-corrected chi connectivity index (χ4v) is 8.58. The molecule has 0 aliphatic carbocycles. The van der Waals surface area contributed by atoms with Gasteiger partial charge in [0.1, 0.15) is 11.2 Å². The largest absolute Gasteiger partial charge is 0.455 e. The summed E-state index contributed by atoms with van der Waals surface area (Å²) in [6.07, 6.45) is 0. The van der Waals surface area contributed by atoms with Crippen LogP contribution < -0.4 is 0 Å². The van der Waals surface area contributed by atoms with Crippen molar-refractivity contribution < 1.29 is 4.42 Å². The van der Waals surface area contributed by atoms with E-state index in [2.05, 4.69) is 141 Å². The van der Waals surface area contributed by atoms with Crippen molar-refractivity contribution in [2.24, 2.45) is 0 Å². The molecule has 55 heavy (non-hydrogen) atoms. The molecule has 0 bridgehead atoms. The molecule has 3 aromatic heterocycles. The Bertz CT molecular complexity index is 3420. The number of nitriles is 1. The van der Waals surface area contributed by atoms with Crippen molar-refractivity contribution in [2.45, 2.75) is 0 Å². The van der Waals surface area contributed by atoms with Crippen molar-refractivity contribution in [3.63, 3.8) is 0 Å². The molecule has 0 radical (unpaired) electrons. The van der Waals surface area contributed by atoms with Crippen molar-refractivity contribution in [3.8, 4) is 39.7 Å². The summed E-state index contributed by atoms with van der Waals surface area (Å²) in [5.41, 5.74) is 13.0. The number of rotatable bonds is 4. The predicted octanol–water partition coefficient (Wildman–Crippen LogP) is 13.5. The first-order chi connectivity index (χ1) is 27.2. The standard InChI is InChI=1S/C50H28N4O/c1-52-34-21-23-46-43(29-34)49-47(24-22-42-41-17-6-9-20-48(41)55-50(42)49)54(46)36-26-31(30-51)25-33(28-36)38-14-3-2-13-37(38)32-11-10-12-35(27-32)53-44-18-7-4-15-39(44)40-16-5-8-19-45(40)53/h2-29H. The van der Waals surface area contributed by atoms with Gasteiger partial charge in [0.15, 0.2) is 5.69 Å². The molecule has 0 aliphatic rings. The average Bonchev–Trinajstić information content (AvgIpc) is 3.91. The van der Waals surface area contributed by atoms with E-state index in [0.717, 1.165) is 88.4 Å². The fourth-order valence-electron chi connectivity index (χ4n) is 8.58. The van der Waals surface area contributed by atoms with E-state index in [1.54, 1.807) is 0 Å². The van der Waals surface area contributed by atoms with Crippen LogP contribution in [-0.4, -0.2) is 9.13 Å². The van der Waals surface area contributed by atoms with Crippen molar-refractivity contribution >= 4 is 71.2 Å². The van der Waals surface area contributed by atoms with Gasteiger partial charge in [-0.05, 0) is 95.1 Å². The van der Waals surface area contributed by atoms with Gasteiger partial charge in [0.2, 0.25) is 0 Å². The second-order valence-corrected chi connectivity index (χ2v) is 13.9. The Morgan fingerprint density at radius 2 is 1.13 bits per heavy atom. The summed E-state index contributed by atoms with van der Waals surface area (Å²) < 4.78 is 11.1. The molecule has 0 saturated carbocycles. The van der Waals surface area contributed by atoms with Gasteiger partial charge in [-0.25, -0.2) is 4.85 Å². The van der Waals surface area contributed by atoms with Crippen molar-refractivity contribution in [1.29, 1.82) is 5.26 Å². The molecule has 0 atom stereocenters. The second kappa shape index (κ2) is 11.8. The third kappa shape index (κ3) is 4.58. The normalized spacial score (nSPS) is 11.6. The smallest absolute Gasteiger partial charge is 0.188 e. The second-order valence-electron chi connectivity index (χ2n) is 13.9. The highest BCUT2D eigenvalue weighted by molar-refractivity contribution is 6.24. The van der Waals surface area contributed by atoms with Crippen molar-refractivity contribution in [3.05, 3.63) is 187 Å². The number of furan rings is 1. The quantitative estimate of drug-likeness (QED) is 0.172. The first kappa shape index (κ1) is 30.7.